The molecule has 6 rings (SSSR count). The van der Waals surface area contributed by atoms with E-state index in [0.717, 1.165) is 73.2 Å². The van der Waals surface area contributed by atoms with Crippen molar-refractivity contribution >= 4 is 40.6 Å². The van der Waals surface area contributed by atoms with Gasteiger partial charge in [-0.15, -0.1) is 21.5 Å². The lowest BCUT2D eigenvalue weighted by Gasteiger charge is -2.39. The number of carbonyl (C=O) groups is 2. The van der Waals surface area contributed by atoms with Crippen LogP contribution < -0.4 is 0 Å². The number of hydrogen-bond acceptors (Lipinski definition) is 8. The Hall–Kier alpha value is -3.28. The SMILES string of the molecule is Cc1sc2c(c1C)C(c1ccc(Cl)cc1)=N[C@@H](CC(=O)N1CCN(CC3CCN(C(=O)OC(C)(C)C)CC3)CC1)c1nnc(C)n1-2. The van der Waals surface area contributed by atoms with Crippen molar-refractivity contribution in [3.8, 4) is 5.00 Å². The van der Waals surface area contributed by atoms with Crippen molar-refractivity contribution in [1.29, 1.82) is 0 Å². The van der Waals surface area contributed by atoms with E-state index in [0.29, 0.717) is 29.9 Å². The third-order valence-corrected chi connectivity index (χ3v) is 10.7. The second-order valence-corrected chi connectivity index (χ2v) is 15.3. The van der Waals surface area contributed by atoms with Crippen molar-refractivity contribution in [3.63, 3.8) is 0 Å². The van der Waals surface area contributed by atoms with Crippen molar-refractivity contribution in [2.75, 3.05) is 45.8 Å². The molecule has 3 aliphatic rings. The van der Waals surface area contributed by atoms with Crippen molar-refractivity contribution < 1.29 is 14.3 Å². The predicted molar refractivity (Wildman–Crippen MR) is 181 cm³/mol. The number of nitrogens with zero attached hydrogens (tertiary/aromatic N) is 7. The standard InChI is InChI=1S/C34H44ClN7O3S/c1-21-22(2)46-32-29(21)30(25-7-9-26(35)10-8-25)36-27(31-38-37-23(3)42(31)32)19-28(43)40-17-15-39(16-18-40)20-24-11-13-41(14-12-24)33(44)45-34(4,5)6/h7-10,24,27H,11-20H2,1-6H3/t27-/m0/s1. The summed E-state index contributed by atoms with van der Waals surface area (Å²) in [5, 5.41) is 10.7. The number of aliphatic imine (C=N–C) groups is 1. The summed E-state index contributed by atoms with van der Waals surface area (Å²) < 4.78 is 7.65. The Bertz CT molecular complexity index is 1620. The number of rotatable bonds is 5. The quantitative estimate of drug-likeness (QED) is 0.333. The second kappa shape index (κ2) is 13.1. The summed E-state index contributed by atoms with van der Waals surface area (Å²) in [6.07, 6.45) is 1.95. The smallest absolute Gasteiger partial charge is 0.410 e. The molecule has 0 bridgehead atoms. The Balaban J connectivity index is 1.12. The number of piperazine rings is 1. The van der Waals surface area contributed by atoms with Crippen LogP contribution in [0.1, 0.15) is 79.3 Å². The van der Waals surface area contributed by atoms with Crippen molar-refractivity contribution in [1.82, 2.24) is 29.5 Å². The average Bonchev–Trinajstić information content (AvgIpc) is 3.49. The summed E-state index contributed by atoms with van der Waals surface area (Å²) in [5.41, 5.74) is 3.58. The molecule has 246 valence electrons. The normalized spacial score (nSPS) is 19.4. The maximum absolute atomic E-state index is 13.8. The molecule has 2 amide bonds. The number of hydrogen-bond donors (Lipinski definition) is 0. The maximum atomic E-state index is 13.8. The number of fused-ring (bicyclic) bond motifs is 3. The molecule has 2 saturated heterocycles. The number of benzene rings is 1. The van der Waals surface area contributed by atoms with Gasteiger partial charge < -0.3 is 14.5 Å². The zero-order valence-corrected chi connectivity index (χ0v) is 29.2. The molecule has 0 saturated carbocycles. The van der Waals surface area contributed by atoms with Crippen LogP contribution in [0.2, 0.25) is 5.02 Å². The first-order valence-electron chi connectivity index (χ1n) is 16.2. The van der Waals surface area contributed by atoms with Crippen LogP contribution in [-0.4, -0.2) is 98.6 Å². The highest BCUT2D eigenvalue weighted by Crippen LogP contribution is 2.40. The molecule has 3 aromatic rings. The van der Waals surface area contributed by atoms with E-state index in [1.54, 1.807) is 11.3 Å². The van der Waals surface area contributed by atoms with Gasteiger partial charge in [0.25, 0.3) is 0 Å². The van der Waals surface area contributed by atoms with Gasteiger partial charge in [-0.3, -0.25) is 19.3 Å². The predicted octanol–water partition coefficient (Wildman–Crippen LogP) is 5.98. The Kier molecular flexibility index (Phi) is 9.29. The van der Waals surface area contributed by atoms with Crippen LogP contribution in [0.4, 0.5) is 4.79 Å². The van der Waals surface area contributed by atoms with Gasteiger partial charge in [-0.25, -0.2) is 4.79 Å². The number of ether oxygens (including phenoxy) is 1. The summed E-state index contributed by atoms with van der Waals surface area (Å²) in [6, 6.07) is 7.29. The van der Waals surface area contributed by atoms with Crippen LogP contribution in [0.3, 0.4) is 0 Å². The highest BCUT2D eigenvalue weighted by atomic mass is 35.5. The van der Waals surface area contributed by atoms with Gasteiger partial charge in [-0.05, 0) is 78.0 Å². The Morgan fingerprint density at radius 2 is 1.63 bits per heavy atom. The monoisotopic (exact) mass is 665 g/mol. The highest BCUT2D eigenvalue weighted by Gasteiger charge is 2.34. The van der Waals surface area contributed by atoms with Gasteiger partial charge in [-0.2, -0.15) is 0 Å². The molecule has 5 heterocycles. The first kappa shape index (κ1) is 32.7. The van der Waals surface area contributed by atoms with Crippen LogP contribution in [0.15, 0.2) is 29.3 Å². The van der Waals surface area contributed by atoms with E-state index in [1.807, 2.05) is 61.8 Å². The van der Waals surface area contributed by atoms with Crippen molar-refractivity contribution in [3.05, 3.63) is 62.5 Å². The lowest BCUT2D eigenvalue weighted by Crippen LogP contribution is -2.51. The maximum Gasteiger partial charge on any atom is 0.410 e. The van der Waals surface area contributed by atoms with E-state index in [-0.39, 0.29) is 18.4 Å². The molecular formula is C34H44ClN7O3S. The molecular weight excluding hydrogens is 622 g/mol. The average molecular weight is 666 g/mol. The lowest BCUT2D eigenvalue weighted by atomic mass is 9.96. The van der Waals surface area contributed by atoms with Crippen LogP contribution in [0.25, 0.3) is 5.00 Å². The van der Waals surface area contributed by atoms with Gasteiger partial charge >= 0.3 is 6.09 Å². The molecule has 0 spiro atoms. The zero-order valence-electron chi connectivity index (χ0n) is 27.7. The number of thiophene rings is 1. The minimum absolute atomic E-state index is 0.0832. The van der Waals surface area contributed by atoms with Gasteiger partial charge in [0.1, 0.15) is 22.5 Å². The van der Waals surface area contributed by atoms with E-state index in [1.165, 1.54) is 10.4 Å². The zero-order chi connectivity index (χ0) is 32.7. The highest BCUT2D eigenvalue weighted by molar-refractivity contribution is 7.15. The minimum Gasteiger partial charge on any atom is -0.444 e. The Morgan fingerprint density at radius 3 is 2.28 bits per heavy atom. The van der Waals surface area contributed by atoms with Crippen molar-refractivity contribution in [2.24, 2.45) is 10.9 Å². The number of aromatic nitrogens is 3. The van der Waals surface area contributed by atoms with Gasteiger partial charge in [0.2, 0.25) is 5.91 Å². The number of likely N-dealkylation sites (tertiary alicyclic amines) is 1. The van der Waals surface area contributed by atoms with E-state index < -0.39 is 11.6 Å². The lowest BCUT2D eigenvalue weighted by molar-refractivity contribution is -0.133. The fourth-order valence-corrected chi connectivity index (χ4v) is 7.94. The molecule has 10 nitrogen and oxygen atoms in total. The Morgan fingerprint density at radius 1 is 0.957 bits per heavy atom. The molecule has 0 N–H and O–H groups in total. The molecule has 2 aromatic heterocycles. The molecule has 1 atom stereocenters. The van der Waals surface area contributed by atoms with Crippen molar-refractivity contribution in [2.45, 2.75) is 72.4 Å². The topological polar surface area (TPSA) is 96.2 Å². The number of aryl methyl sites for hydroxylation is 2. The van der Waals surface area contributed by atoms with E-state index in [9.17, 15) is 9.59 Å². The molecule has 12 heteroatoms. The molecule has 0 unspecified atom stereocenters. The van der Waals surface area contributed by atoms with E-state index in [2.05, 4.69) is 33.5 Å². The second-order valence-electron chi connectivity index (χ2n) is 13.7. The van der Waals surface area contributed by atoms with Gasteiger partial charge in [0.15, 0.2) is 5.82 Å². The van der Waals surface area contributed by atoms with Gasteiger partial charge in [0.05, 0.1) is 12.1 Å². The van der Waals surface area contributed by atoms with Crippen LogP contribution in [0.5, 0.6) is 0 Å². The van der Waals surface area contributed by atoms with Crippen LogP contribution in [0, 0.1) is 26.7 Å². The summed E-state index contributed by atoms with van der Waals surface area (Å²) in [4.78, 5) is 39.0. The van der Waals surface area contributed by atoms with Gasteiger partial charge in [-0.1, -0.05) is 23.7 Å². The van der Waals surface area contributed by atoms with Crippen LogP contribution in [-0.2, 0) is 9.53 Å². The number of amides is 2. The van der Waals surface area contributed by atoms with Crippen LogP contribution >= 0.6 is 22.9 Å². The fourth-order valence-electron chi connectivity index (χ4n) is 6.60. The van der Waals surface area contributed by atoms with Gasteiger partial charge in [0, 0.05) is 66.8 Å². The largest absolute Gasteiger partial charge is 0.444 e. The third kappa shape index (κ3) is 6.87. The molecule has 3 aliphatic heterocycles. The minimum atomic E-state index is -0.477. The molecule has 46 heavy (non-hydrogen) atoms. The van der Waals surface area contributed by atoms with E-state index >= 15 is 0 Å². The molecule has 2 fully saturated rings. The summed E-state index contributed by atoms with van der Waals surface area (Å²) >= 11 is 7.96. The number of carbonyl (C=O) groups excluding carboxylic acids is 2. The summed E-state index contributed by atoms with van der Waals surface area (Å²) in [7, 11) is 0. The van der Waals surface area contributed by atoms with E-state index in [4.69, 9.17) is 21.3 Å². The third-order valence-electron chi connectivity index (χ3n) is 9.23. The summed E-state index contributed by atoms with van der Waals surface area (Å²) in [5.74, 6) is 2.11. The molecule has 0 radical (unpaired) electrons. The molecule has 0 aliphatic carbocycles. The summed E-state index contributed by atoms with van der Waals surface area (Å²) in [6.45, 7) is 17.4. The Labute approximate surface area is 280 Å². The fraction of sp³-hybridized carbons (Fsp3) is 0.559. The first-order chi connectivity index (χ1) is 21.9. The first-order valence-corrected chi connectivity index (χ1v) is 17.4. The number of piperidine rings is 1. The molecule has 1 aromatic carbocycles. The number of halogens is 1.